The van der Waals surface area contributed by atoms with Crippen LogP contribution in [0.25, 0.3) is 5.69 Å². The summed E-state index contributed by atoms with van der Waals surface area (Å²) in [6, 6.07) is 4.86. The van der Waals surface area contributed by atoms with Gasteiger partial charge in [-0.05, 0) is 32.0 Å². The fourth-order valence-electron chi connectivity index (χ4n) is 1.77. The molecular formula is C12H9F3N4. The Balaban J connectivity index is 2.58. The van der Waals surface area contributed by atoms with E-state index in [4.69, 9.17) is 5.26 Å². The topological polar surface area (TPSA) is 54.5 Å². The maximum Gasteiger partial charge on any atom is 0.417 e. The lowest BCUT2D eigenvalue weighted by Gasteiger charge is -2.10. The van der Waals surface area contributed by atoms with E-state index < -0.39 is 17.3 Å². The van der Waals surface area contributed by atoms with E-state index in [1.165, 1.54) is 10.7 Å². The van der Waals surface area contributed by atoms with Gasteiger partial charge in [-0.25, -0.2) is 9.67 Å². The average Bonchev–Trinajstić information content (AvgIpc) is 2.66. The Kier molecular flexibility index (Phi) is 3.02. The molecule has 0 aliphatic heterocycles. The van der Waals surface area contributed by atoms with Crippen LogP contribution in [0.5, 0.6) is 0 Å². The molecule has 0 amide bonds. The van der Waals surface area contributed by atoms with Crippen molar-refractivity contribution in [2.24, 2.45) is 0 Å². The van der Waals surface area contributed by atoms with Crippen LogP contribution in [-0.4, -0.2) is 14.8 Å². The molecule has 1 aromatic heterocycles. The van der Waals surface area contributed by atoms with Gasteiger partial charge in [0.25, 0.3) is 0 Å². The Morgan fingerprint density at radius 2 is 1.95 bits per heavy atom. The van der Waals surface area contributed by atoms with Crippen molar-refractivity contribution in [3.05, 3.63) is 41.0 Å². The van der Waals surface area contributed by atoms with E-state index in [9.17, 15) is 13.2 Å². The number of rotatable bonds is 1. The molecule has 1 heterocycles. The first-order chi connectivity index (χ1) is 8.82. The van der Waals surface area contributed by atoms with Gasteiger partial charge in [0, 0.05) is 0 Å². The minimum Gasteiger partial charge on any atom is -0.218 e. The molecule has 0 aliphatic carbocycles. The molecule has 0 N–H and O–H groups in total. The standard InChI is InChI=1S/C12H9F3N4/c1-7-17-8(2)19(18-7)10-3-4-11(12(13,14)15)9(5-10)6-16/h3-5H,1-2H3. The third-order valence-corrected chi connectivity index (χ3v) is 2.55. The molecule has 0 fully saturated rings. The van der Waals surface area contributed by atoms with Crippen LogP contribution in [0.3, 0.4) is 0 Å². The fourth-order valence-corrected chi connectivity index (χ4v) is 1.77. The van der Waals surface area contributed by atoms with Gasteiger partial charge in [-0.15, -0.1) is 0 Å². The molecule has 0 spiro atoms. The van der Waals surface area contributed by atoms with E-state index in [1.807, 2.05) is 0 Å². The molecule has 2 aromatic rings. The number of aromatic nitrogens is 3. The number of benzene rings is 1. The minimum atomic E-state index is -4.54. The SMILES string of the molecule is Cc1nc(C)n(-c2ccc(C(F)(F)F)c(C#N)c2)n1. The number of nitrogens with zero attached hydrogens (tertiary/aromatic N) is 4. The largest absolute Gasteiger partial charge is 0.417 e. The Labute approximate surface area is 107 Å². The first-order valence-corrected chi connectivity index (χ1v) is 5.35. The highest BCUT2D eigenvalue weighted by molar-refractivity contribution is 5.47. The summed E-state index contributed by atoms with van der Waals surface area (Å²) in [6.07, 6.45) is -4.54. The van der Waals surface area contributed by atoms with Crippen molar-refractivity contribution >= 4 is 0 Å². The Hall–Kier alpha value is -2.36. The number of aryl methyl sites for hydroxylation is 2. The summed E-state index contributed by atoms with van der Waals surface area (Å²) in [5.41, 5.74) is -1.01. The van der Waals surface area contributed by atoms with Gasteiger partial charge in [-0.2, -0.15) is 23.5 Å². The van der Waals surface area contributed by atoms with E-state index in [0.29, 0.717) is 17.3 Å². The van der Waals surface area contributed by atoms with Gasteiger partial charge in [0.2, 0.25) is 0 Å². The summed E-state index contributed by atoms with van der Waals surface area (Å²) in [6.45, 7) is 3.36. The van der Waals surface area contributed by atoms with E-state index in [0.717, 1.165) is 12.1 Å². The van der Waals surface area contributed by atoms with Crippen molar-refractivity contribution in [2.45, 2.75) is 20.0 Å². The molecule has 0 radical (unpaired) electrons. The van der Waals surface area contributed by atoms with Crippen molar-refractivity contribution in [1.82, 2.24) is 14.8 Å². The summed E-state index contributed by atoms with van der Waals surface area (Å²) >= 11 is 0. The van der Waals surface area contributed by atoms with Gasteiger partial charge < -0.3 is 0 Å². The van der Waals surface area contributed by atoms with Crippen LogP contribution in [0.1, 0.15) is 22.8 Å². The number of alkyl halides is 3. The molecule has 7 heteroatoms. The molecule has 2 rings (SSSR count). The van der Waals surface area contributed by atoms with Crippen LogP contribution in [0, 0.1) is 25.2 Å². The molecule has 1 aromatic carbocycles. The zero-order valence-corrected chi connectivity index (χ0v) is 10.2. The van der Waals surface area contributed by atoms with Crippen LogP contribution >= 0.6 is 0 Å². The second-order valence-electron chi connectivity index (χ2n) is 3.96. The van der Waals surface area contributed by atoms with Gasteiger partial charge >= 0.3 is 6.18 Å². The highest BCUT2D eigenvalue weighted by atomic mass is 19.4. The Bertz CT molecular complexity index is 665. The van der Waals surface area contributed by atoms with Crippen molar-refractivity contribution in [1.29, 1.82) is 5.26 Å². The Morgan fingerprint density at radius 3 is 2.42 bits per heavy atom. The summed E-state index contributed by atoms with van der Waals surface area (Å²) in [5.74, 6) is 1.05. The minimum absolute atomic E-state index is 0.377. The lowest BCUT2D eigenvalue weighted by molar-refractivity contribution is -0.137. The van der Waals surface area contributed by atoms with Crippen LogP contribution < -0.4 is 0 Å². The highest BCUT2D eigenvalue weighted by Crippen LogP contribution is 2.32. The van der Waals surface area contributed by atoms with Gasteiger partial charge in [0.1, 0.15) is 11.6 Å². The monoisotopic (exact) mass is 266 g/mol. The predicted molar refractivity (Wildman–Crippen MR) is 60.6 cm³/mol. The fraction of sp³-hybridized carbons (Fsp3) is 0.250. The van der Waals surface area contributed by atoms with E-state index in [2.05, 4.69) is 10.1 Å². The van der Waals surface area contributed by atoms with E-state index >= 15 is 0 Å². The zero-order chi connectivity index (χ0) is 14.2. The lowest BCUT2D eigenvalue weighted by Crippen LogP contribution is -2.09. The number of hydrogen-bond donors (Lipinski definition) is 0. The van der Waals surface area contributed by atoms with Gasteiger partial charge in [-0.3, -0.25) is 0 Å². The molecule has 19 heavy (non-hydrogen) atoms. The second-order valence-corrected chi connectivity index (χ2v) is 3.96. The molecule has 4 nitrogen and oxygen atoms in total. The summed E-state index contributed by atoms with van der Waals surface area (Å²) < 4.78 is 39.4. The highest BCUT2D eigenvalue weighted by Gasteiger charge is 2.33. The molecule has 0 atom stereocenters. The average molecular weight is 266 g/mol. The molecule has 0 unspecified atom stereocenters. The summed E-state index contributed by atoms with van der Waals surface area (Å²) in [5, 5.41) is 12.9. The quantitative estimate of drug-likeness (QED) is 0.797. The third kappa shape index (κ3) is 2.42. The number of hydrogen-bond acceptors (Lipinski definition) is 3. The van der Waals surface area contributed by atoms with Crippen LogP contribution in [-0.2, 0) is 6.18 Å². The molecule has 0 aliphatic rings. The van der Waals surface area contributed by atoms with Crippen molar-refractivity contribution in [2.75, 3.05) is 0 Å². The maximum atomic E-state index is 12.7. The smallest absolute Gasteiger partial charge is 0.218 e. The van der Waals surface area contributed by atoms with Gasteiger partial charge in [0.05, 0.1) is 22.9 Å². The first kappa shape index (κ1) is 13.1. The summed E-state index contributed by atoms with van der Waals surface area (Å²) in [4.78, 5) is 4.06. The van der Waals surface area contributed by atoms with Crippen molar-refractivity contribution in [3.63, 3.8) is 0 Å². The number of halogens is 3. The van der Waals surface area contributed by atoms with Crippen LogP contribution in [0.2, 0.25) is 0 Å². The Morgan fingerprint density at radius 1 is 1.26 bits per heavy atom. The molecular weight excluding hydrogens is 257 g/mol. The second kappa shape index (κ2) is 4.39. The van der Waals surface area contributed by atoms with Crippen LogP contribution in [0.4, 0.5) is 13.2 Å². The number of nitriles is 1. The first-order valence-electron chi connectivity index (χ1n) is 5.35. The molecule has 98 valence electrons. The zero-order valence-electron chi connectivity index (χ0n) is 10.2. The van der Waals surface area contributed by atoms with Crippen molar-refractivity contribution in [3.8, 4) is 11.8 Å². The van der Waals surface area contributed by atoms with Crippen molar-refractivity contribution < 1.29 is 13.2 Å². The third-order valence-electron chi connectivity index (χ3n) is 2.55. The normalized spacial score (nSPS) is 11.4. The van der Waals surface area contributed by atoms with Crippen LogP contribution in [0.15, 0.2) is 18.2 Å². The van der Waals surface area contributed by atoms with E-state index in [1.54, 1.807) is 19.9 Å². The molecule has 0 saturated carbocycles. The molecule has 0 bridgehead atoms. The lowest BCUT2D eigenvalue weighted by atomic mass is 10.1. The summed E-state index contributed by atoms with van der Waals surface area (Å²) in [7, 11) is 0. The van der Waals surface area contributed by atoms with Gasteiger partial charge in [0.15, 0.2) is 0 Å². The predicted octanol–water partition coefficient (Wildman–Crippen LogP) is 2.77. The van der Waals surface area contributed by atoms with E-state index in [-0.39, 0.29) is 0 Å². The maximum absolute atomic E-state index is 12.7. The molecule has 0 saturated heterocycles. The van der Waals surface area contributed by atoms with Gasteiger partial charge in [-0.1, -0.05) is 0 Å².